The first kappa shape index (κ1) is 25.4. The van der Waals surface area contributed by atoms with Crippen LogP contribution in [-0.2, 0) is 23.7 Å². The van der Waals surface area contributed by atoms with Gasteiger partial charge in [0.1, 0.15) is 24.6 Å². The summed E-state index contributed by atoms with van der Waals surface area (Å²) >= 11 is 6.09. The zero-order valence-electron chi connectivity index (χ0n) is 19.0. The molecule has 1 aromatic carbocycles. The molecular formula is C23H18ClF2N9O2. The minimum Gasteiger partial charge on any atom is -0.427 e. The van der Waals surface area contributed by atoms with E-state index in [0.29, 0.717) is 21.0 Å². The molecule has 0 unspecified atom stereocenters. The van der Waals surface area contributed by atoms with E-state index in [1.165, 1.54) is 47.5 Å². The molecule has 0 aliphatic heterocycles. The lowest BCUT2D eigenvalue weighted by Gasteiger charge is -2.14. The average Bonchev–Trinajstić information content (AvgIpc) is 3.43. The van der Waals surface area contributed by atoms with Crippen LogP contribution in [0.25, 0.3) is 5.69 Å². The molecule has 0 fully saturated rings. The number of nitrogens with one attached hydrogen (secondary N) is 1. The van der Waals surface area contributed by atoms with Gasteiger partial charge >= 0.3 is 5.92 Å². The minimum absolute atomic E-state index is 0.0229. The van der Waals surface area contributed by atoms with Gasteiger partial charge in [-0.3, -0.25) is 14.8 Å². The van der Waals surface area contributed by atoms with Gasteiger partial charge in [-0.2, -0.15) is 18.8 Å². The van der Waals surface area contributed by atoms with E-state index in [-0.39, 0.29) is 23.3 Å². The zero-order valence-corrected chi connectivity index (χ0v) is 19.7. The summed E-state index contributed by atoms with van der Waals surface area (Å²) in [5.74, 6) is -3.95. The highest BCUT2D eigenvalue weighted by molar-refractivity contribution is 6.30. The van der Waals surface area contributed by atoms with Gasteiger partial charge in [-0.1, -0.05) is 17.7 Å². The van der Waals surface area contributed by atoms with Crippen LogP contribution in [-0.4, -0.2) is 47.6 Å². The van der Waals surface area contributed by atoms with Crippen molar-refractivity contribution >= 4 is 17.5 Å². The highest BCUT2D eigenvalue weighted by Crippen LogP contribution is 2.26. The summed E-state index contributed by atoms with van der Waals surface area (Å²) in [6.45, 7) is -0.973. The second-order valence-corrected chi connectivity index (χ2v) is 8.13. The number of nitrogens with zero attached hydrogens (tertiary/aromatic N) is 8. The minimum atomic E-state index is -3.39. The number of hydrogen-bond donors (Lipinski definition) is 2. The highest BCUT2D eigenvalue weighted by Gasteiger charge is 2.32. The van der Waals surface area contributed by atoms with Crippen molar-refractivity contribution in [2.45, 2.75) is 18.9 Å². The molecule has 0 saturated carbocycles. The number of benzene rings is 1. The monoisotopic (exact) mass is 525 g/mol. The third-order valence-corrected chi connectivity index (χ3v) is 5.46. The Morgan fingerprint density at radius 2 is 2.08 bits per heavy atom. The molecular weight excluding hydrogens is 508 g/mol. The topological polar surface area (TPSA) is 147 Å². The van der Waals surface area contributed by atoms with Crippen LogP contribution in [0.3, 0.4) is 0 Å². The average molecular weight is 526 g/mol. The smallest absolute Gasteiger partial charge is 0.308 e. The Hall–Kier alpha value is -4.70. The number of carbonyl (C=O) groups is 1. The van der Waals surface area contributed by atoms with E-state index in [1.54, 1.807) is 18.2 Å². The fourth-order valence-corrected chi connectivity index (χ4v) is 3.60. The molecule has 1 amide bonds. The van der Waals surface area contributed by atoms with Crippen LogP contribution in [0, 0.1) is 11.3 Å². The standard InChI is InChI=1S/C23H18ClF2N9O2/c24-17-5-6-18(34-14-31-32-33-34)16(9-17)12-29-22(36)10-19-15(11-27)4-7-21(35(19)37)30-13-23(25,26)20-3-1-2-8-28-20/h1-9,14,37H,10,12-13H2,(H,29,36). The van der Waals surface area contributed by atoms with Crippen LogP contribution in [0.2, 0.25) is 5.02 Å². The normalized spacial score (nSPS) is 11.8. The maximum atomic E-state index is 14.5. The summed E-state index contributed by atoms with van der Waals surface area (Å²) in [6.07, 6.45) is 2.19. The van der Waals surface area contributed by atoms with Gasteiger partial charge in [0.15, 0.2) is 5.49 Å². The highest BCUT2D eigenvalue weighted by atomic mass is 35.5. The SMILES string of the molecule is N#Cc1ccc(=NCC(F)(F)c2ccccn2)n(O)c1CC(=O)NCc1cc(Cl)ccc1-n1cnnn1. The molecule has 3 aromatic heterocycles. The molecule has 11 nitrogen and oxygen atoms in total. The molecule has 0 radical (unpaired) electrons. The van der Waals surface area contributed by atoms with Crippen LogP contribution < -0.4 is 10.8 Å². The van der Waals surface area contributed by atoms with Crippen LogP contribution in [0.4, 0.5) is 8.78 Å². The third-order valence-electron chi connectivity index (χ3n) is 5.22. The molecule has 0 spiro atoms. The quantitative estimate of drug-likeness (QED) is 0.335. The third kappa shape index (κ3) is 5.93. The second kappa shape index (κ2) is 10.9. The predicted molar refractivity (Wildman–Crippen MR) is 125 cm³/mol. The summed E-state index contributed by atoms with van der Waals surface area (Å²) in [4.78, 5) is 20.2. The first-order valence-corrected chi connectivity index (χ1v) is 11.1. The number of halogens is 3. The van der Waals surface area contributed by atoms with E-state index in [2.05, 4.69) is 30.8 Å². The van der Waals surface area contributed by atoms with Crippen LogP contribution in [0.1, 0.15) is 22.5 Å². The number of amides is 1. The number of alkyl halides is 2. The lowest BCUT2D eigenvalue weighted by molar-refractivity contribution is -0.120. The van der Waals surface area contributed by atoms with Gasteiger partial charge in [0.05, 0.1) is 23.4 Å². The Morgan fingerprint density at radius 3 is 2.78 bits per heavy atom. The molecule has 0 bridgehead atoms. The van der Waals surface area contributed by atoms with Crippen molar-refractivity contribution in [2.75, 3.05) is 6.54 Å². The van der Waals surface area contributed by atoms with Gasteiger partial charge in [-0.05, 0) is 58.5 Å². The Morgan fingerprint density at radius 1 is 1.24 bits per heavy atom. The summed E-state index contributed by atoms with van der Waals surface area (Å²) < 4.78 is 30.8. The Bertz CT molecular complexity index is 1520. The number of rotatable bonds is 8. The number of aromatic nitrogens is 6. The van der Waals surface area contributed by atoms with Gasteiger partial charge < -0.3 is 10.5 Å². The van der Waals surface area contributed by atoms with Crippen molar-refractivity contribution in [3.8, 4) is 11.8 Å². The zero-order chi connectivity index (χ0) is 26.4. The van der Waals surface area contributed by atoms with Gasteiger partial charge in [0.2, 0.25) is 5.91 Å². The number of pyridine rings is 2. The van der Waals surface area contributed by atoms with E-state index < -0.39 is 30.5 Å². The molecule has 0 saturated heterocycles. The van der Waals surface area contributed by atoms with Crippen LogP contribution in [0.5, 0.6) is 0 Å². The molecule has 3 heterocycles. The van der Waals surface area contributed by atoms with Gasteiger partial charge in [-0.15, -0.1) is 5.10 Å². The molecule has 37 heavy (non-hydrogen) atoms. The first-order valence-electron chi connectivity index (χ1n) is 10.7. The van der Waals surface area contributed by atoms with Crippen molar-refractivity contribution < 1.29 is 18.8 Å². The summed E-state index contributed by atoms with van der Waals surface area (Å²) in [5, 5.41) is 34.1. The maximum Gasteiger partial charge on any atom is 0.308 e. The maximum absolute atomic E-state index is 14.5. The Kier molecular flexibility index (Phi) is 7.49. The molecule has 14 heteroatoms. The predicted octanol–water partition coefficient (Wildman–Crippen LogP) is 2.17. The lowest BCUT2D eigenvalue weighted by atomic mass is 10.1. The van der Waals surface area contributed by atoms with Crippen LogP contribution >= 0.6 is 11.6 Å². The van der Waals surface area contributed by atoms with Gasteiger partial charge in [0, 0.05) is 17.8 Å². The molecule has 2 N–H and O–H groups in total. The number of nitriles is 1. The number of tetrazole rings is 1. The fraction of sp³-hybridized carbons (Fsp3) is 0.174. The number of carbonyl (C=O) groups excluding carboxylic acids is 1. The lowest BCUT2D eigenvalue weighted by Crippen LogP contribution is -2.31. The van der Waals surface area contributed by atoms with Crippen molar-refractivity contribution in [1.29, 1.82) is 5.26 Å². The van der Waals surface area contributed by atoms with Gasteiger partial charge in [-0.25, -0.2) is 4.68 Å². The molecule has 188 valence electrons. The van der Waals surface area contributed by atoms with E-state index in [0.717, 1.165) is 0 Å². The van der Waals surface area contributed by atoms with E-state index in [1.807, 2.05) is 6.07 Å². The number of hydrogen-bond acceptors (Lipinski definition) is 8. The first-order chi connectivity index (χ1) is 17.8. The van der Waals surface area contributed by atoms with Gasteiger partial charge in [0.25, 0.3) is 0 Å². The second-order valence-electron chi connectivity index (χ2n) is 7.69. The van der Waals surface area contributed by atoms with E-state index >= 15 is 0 Å². The van der Waals surface area contributed by atoms with Crippen LogP contribution in [0.15, 0.2) is 66.0 Å². The summed E-state index contributed by atoms with van der Waals surface area (Å²) in [6, 6.07) is 13.4. The largest absolute Gasteiger partial charge is 0.427 e. The van der Waals surface area contributed by atoms with E-state index in [4.69, 9.17) is 11.6 Å². The van der Waals surface area contributed by atoms with Crippen molar-refractivity contribution in [2.24, 2.45) is 4.99 Å². The van der Waals surface area contributed by atoms with Crippen molar-refractivity contribution in [3.63, 3.8) is 0 Å². The van der Waals surface area contributed by atoms with E-state index in [9.17, 15) is 24.0 Å². The summed E-state index contributed by atoms with van der Waals surface area (Å²) in [7, 11) is 0. The molecule has 4 aromatic rings. The van der Waals surface area contributed by atoms with Crippen molar-refractivity contribution in [1.82, 2.24) is 35.2 Å². The molecule has 4 rings (SSSR count). The molecule has 0 aliphatic rings. The molecule has 0 aliphatic carbocycles. The molecule has 0 atom stereocenters. The van der Waals surface area contributed by atoms with Crippen molar-refractivity contribution in [3.05, 3.63) is 94.1 Å². The Balaban J connectivity index is 1.53. The Labute approximate surface area is 213 Å². The summed E-state index contributed by atoms with van der Waals surface area (Å²) in [5.41, 5.74) is 0.316. The fourth-order valence-electron chi connectivity index (χ4n) is 3.41.